The van der Waals surface area contributed by atoms with E-state index in [1.165, 1.54) is 6.33 Å². The topological polar surface area (TPSA) is 50.5 Å². The standard InChI is InChI=1S/C9H10N4/c1-2-4-11-8-6-10-7-13-9(8)12-5-3-1/h4-7H,1-3H2. The Bertz CT molecular complexity index is 310. The zero-order valence-corrected chi connectivity index (χ0v) is 7.22. The fourth-order valence-electron chi connectivity index (χ4n) is 1.12. The Kier molecular flexibility index (Phi) is 2.40. The second-order valence-electron chi connectivity index (χ2n) is 2.79. The lowest BCUT2D eigenvalue weighted by molar-refractivity contribution is 0.946. The lowest BCUT2D eigenvalue weighted by Gasteiger charge is -1.94. The molecule has 0 fully saturated rings. The first-order valence-electron chi connectivity index (χ1n) is 4.32. The smallest absolute Gasteiger partial charge is 0.180 e. The highest BCUT2D eigenvalue weighted by Crippen LogP contribution is 2.23. The summed E-state index contributed by atoms with van der Waals surface area (Å²) >= 11 is 0. The van der Waals surface area contributed by atoms with Gasteiger partial charge in [-0.1, -0.05) is 0 Å². The average Bonchev–Trinajstić information content (AvgIpc) is 2.28. The van der Waals surface area contributed by atoms with Crippen molar-refractivity contribution in [3.8, 4) is 0 Å². The Morgan fingerprint density at radius 1 is 1.08 bits per heavy atom. The molecule has 4 nitrogen and oxygen atoms in total. The third-order valence-electron chi connectivity index (χ3n) is 1.78. The molecule has 4 heteroatoms. The maximum Gasteiger partial charge on any atom is 0.180 e. The highest BCUT2D eigenvalue weighted by molar-refractivity contribution is 5.73. The van der Waals surface area contributed by atoms with Crippen LogP contribution in [0.1, 0.15) is 19.3 Å². The first kappa shape index (κ1) is 8.04. The lowest BCUT2D eigenvalue weighted by atomic mass is 10.3. The minimum atomic E-state index is 0.660. The molecule has 0 radical (unpaired) electrons. The Morgan fingerprint density at radius 2 is 1.92 bits per heavy atom. The van der Waals surface area contributed by atoms with Crippen molar-refractivity contribution in [1.29, 1.82) is 0 Å². The van der Waals surface area contributed by atoms with Crippen molar-refractivity contribution in [3.05, 3.63) is 12.5 Å². The van der Waals surface area contributed by atoms with Gasteiger partial charge in [-0.3, -0.25) is 4.99 Å². The van der Waals surface area contributed by atoms with Crippen LogP contribution in [-0.4, -0.2) is 22.4 Å². The molecule has 2 heterocycles. The van der Waals surface area contributed by atoms with Crippen LogP contribution in [0.2, 0.25) is 0 Å². The van der Waals surface area contributed by atoms with E-state index in [0.717, 1.165) is 24.9 Å². The molecule has 0 aliphatic carbocycles. The van der Waals surface area contributed by atoms with Crippen LogP contribution in [0.25, 0.3) is 0 Å². The van der Waals surface area contributed by atoms with E-state index in [2.05, 4.69) is 20.0 Å². The molecule has 2 rings (SSSR count). The molecule has 0 N–H and O–H groups in total. The molecule has 1 aromatic heterocycles. The van der Waals surface area contributed by atoms with Gasteiger partial charge in [-0.15, -0.1) is 0 Å². The summed E-state index contributed by atoms with van der Waals surface area (Å²) in [7, 11) is 0. The van der Waals surface area contributed by atoms with E-state index < -0.39 is 0 Å². The van der Waals surface area contributed by atoms with Gasteiger partial charge in [-0.25, -0.2) is 15.0 Å². The number of hydrogen-bond acceptors (Lipinski definition) is 4. The van der Waals surface area contributed by atoms with Crippen LogP contribution in [0.5, 0.6) is 0 Å². The Hall–Kier alpha value is -1.58. The summed E-state index contributed by atoms with van der Waals surface area (Å²) in [6, 6.07) is 0. The van der Waals surface area contributed by atoms with Gasteiger partial charge in [0, 0.05) is 12.4 Å². The fraction of sp³-hybridized carbons (Fsp3) is 0.333. The van der Waals surface area contributed by atoms with Gasteiger partial charge in [0.1, 0.15) is 12.0 Å². The van der Waals surface area contributed by atoms with Gasteiger partial charge >= 0.3 is 0 Å². The Labute approximate surface area is 76.5 Å². The molecular formula is C9H10N4. The minimum Gasteiger partial charge on any atom is -0.256 e. The second-order valence-corrected chi connectivity index (χ2v) is 2.79. The summed E-state index contributed by atoms with van der Waals surface area (Å²) in [5, 5.41) is 0. The predicted octanol–water partition coefficient (Wildman–Crippen LogP) is 2.07. The number of rotatable bonds is 0. The van der Waals surface area contributed by atoms with Crippen molar-refractivity contribution < 1.29 is 0 Å². The molecule has 1 aliphatic heterocycles. The number of fused-ring (bicyclic) bond motifs is 1. The van der Waals surface area contributed by atoms with Crippen LogP contribution < -0.4 is 0 Å². The van der Waals surface area contributed by atoms with Gasteiger partial charge in [0.2, 0.25) is 0 Å². The molecule has 66 valence electrons. The highest BCUT2D eigenvalue weighted by atomic mass is 15.0. The normalized spacial score (nSPS) is 15.7. The lowest BCUT2D eigenvalue weighted by Crippen LogP contribution is -1.78. The van der Waals surface area contributed by atoms with Crippen LogP contribution in [0.15, 0.2) is 22.5 Å². The number of aromatic nitrogens is 2. The number of hydrogen-bond donors (Lipinski definition) is 0. The SMILES string of the molecule is C1=Nc2cncnc2N=CCCC1. The summed E-state index contributed by atoms with van der Waals surface area (Å²) in [6.07, 6.45) is 10.0. The highest BCUT2D eigenvalue weighted by Gasteiger charge is 1.99. The third kappa shape index (κ3) is 1.96. The molecule has 1 aliphatic rings. The monoisotopic (exact) mass is 174 g/mol. The summed E-state index contributed by atoms with van der Waals surface area (Å²) in [4.78, 5) is 16.4. The van der Waals surface area contributed by atoms with E-state index in [1.54, 1.807) is 6.20 Å². The van der Waals surface area contributed by atoms with Crippen molar-refractivity contribution in [2.45, 2.75) is 19.3 Å². The summed E-state index contributed by atoms with van der Waals surface area (Å²) < 4.78 is 0. The number of nitrogens with zero attached hydrogens (tertiary/aromatic N) is 4. The van der Waals surface area contributed by atoms with Crippen molar-refractivity contribution in [3.63, 3.8) is 0 Å². The molecule has 1 aromatic rings. The van der Waals surface area contributed by atoms with Gasteiger partial charge in [-0.2, -0.15) is 0 Å². The first-order chi connectivity index (χ1) is 6.47. The van der Waals surface area contributed by atoms with Crippen LogP contribution in [0.4, 0.5) is 11.5 Å². The summed E-state index contributed by atoms with van der Waals surface area (Å²) in [6.45, 7) is 0. The average molecular weight is 174 g/mol. The van der Waals surface area contributed by atoms with Gasteiger partial charge in [0.25, 0.3) is 0 Å². The van der Waals surface area contributed by atoms with E-state index in [-0.39, 0.29) is 0 Å². The third-order valence-corrected chi connectivity index (χ3v) is 1.78. The second kappa shape index (κ2) is 3.89. The maximum atomic E-state index is 4.24. The van der Waals surface area contributed by atoms with Crippen molar-refractivity contribution in [2.75, 3.05) is 0 Å². The van der Waals surface area contributed by atoms with Gasteiger partial charge < -0.3 is 0 Å². The number of aliphatic imine (C=N–C) groups is 2. The molecule has 0 saturated heterocycles. The Balaban J connectivity index is 2.41. The van der Waals surface area contributed by atoms with Crippen molar-refractivity contribution >= 4 is 23.9 Å². The molecule has 13 heavy (non-hydrogen) atoms. The van der Waals surface area contributed by atoms with Gasteiger partial charge in [-0.05, 0) is 19.3 Å². The first-order valence-corrected chi connectivity index (χ1v) is 4.32. The molecule has 0 aromatic carbocycles. The van der Waals surface area contributed by atoms with Gasteiger partial charge in [0.05, 0.1) is 6.20 Å². The Morgan fingerprint density at radius 3 is 2.85 bits per heavy atom. The maximum absolute atomic E-state index is 4.24. The molecule has 0 atom stereocenters. The summed E-state index contributed by atoms with van der Waals surface area (Å²) in [5.41, 5.74) is 0.751. The van der Waals surface area contributed by atoms with Gasteiger partial charge in [0.15, 0.2) is 5.82 Å². The zero-order chi connectivity index (χ0) is 8.93. The molecule has 0 saturated carbocycles. The van der Waals surface area contributed by atoms with Crippen LogP contribution in [0.3, 0.4) is 0 Å². The van der Waals surface area contributed by atoms with Crippen molar-refractivity contribution in [2.24, 2.45) is 9.98 Å². The molecule has 0 spiro atoms. The molecule has 0 bridgehead atoms. The van der Waals surface area contributed by atoms with Crippen molar-refractivity contribution in [1.82, 2.24) is 9.97 Å². The molecular weight excluding hydrogens is 164 g/mol. The predicted molar refractivity (Wildman–Crippen MR) is 52.2 cm³/mol. The van der Waals surface area contributed by atoms with E-state index >= 15 is 0 Å². The fourth-order valence-corrected chi connectivity index (χ4v) is 1.12. The van der Waals surface area contributed by atoms with Crippen LogP contribution in [-0.2, 0) is 0 Å². The van der Waals surface area contributed by atoms with E-state index in [9.17, 15) is 0 Å². The minimum absolute atomic E-state index is 0.660. The van der Waals surface area contributed by atoms with Crippen LogP contribution >= 0.6 is 0 Å². The van der Waals surface area contributed by atoms with E-state index in [1.807, 2.05) is 12.4 Å². The zero-order valence-electron chi connectivity index (χ0n) is 7.22. The van der Waals surface area contributed by atoms with E-state index in [0.29, 0.717) is 5.82 Å². The van der Waals surface area contributed by atoms with Crippen LogP contribution in [0, 0.1) is 0 Å². The molecule has 0 unspecified atom stereocenters. The van der Waals surface area contributed by atoms with E-state index in [4.69, 9.17) is 0 Å². The summed E-state index contributed by atoms with van der Waals surface area (Å²) in [5.74, 6) is 0.660. The quantitative estimate of drug-likeness (QED) is 0.604. The molecule has 0 amide bonds. The largest absolute Gasteiger partial charge is 0.256 e.